The van der Waals surface area contributed by atoms with Crippen molar-refractivity contribution >= 4 is 18.0 Å². The zero-order valence-electron chi connectivity index (χ0n) is 15.2. The molecule has 6 heteroatoms. The van der Waals surface area contributed by atoms with Crippen molar-refractivity contribution in [1.29, 1.82) is 5.26 Å². The van der Waals surface area contributed by atoms with E-state index in [4.69, 9.17) is 10.00 Å². The number of nitriles is 1. The molecule has 26 heavy (non-hydrogen) atoms. The molecule has 0 aliphatic rings. The minimum atomic E-state index is -0.670. The summed E-state index contributed by atoms with van der Waals surface area (Å²) in [7, 11) is 1.24. The number of hydrogen-bond donors (Lipinski definition) is 0. The summed E-state index contributed by atoms with van der Waals surface area (Å²) in [5.74, 6) is -1.03. The summed E-state index contributed by atoms with van der Waals surface area (Å²) in [6.45, 7) is 5.91. The first kappa shape index (κ1) is 19.0. The standard InChI is InChI=1S/C20H20N2O4/c1-5-26-20(24)15-6-8-18(9-7-15)22-13(2)10-16(14(22)3)11-17(12-21)19(23)25-4/h6-11H,5H2,1-4H3/b17-11+. The second-order valence-electron chi connectivity index (χ2n) is 5.59. The van der Waals surface area contributed by atoms with Crippen molar-refractivity contribution in [2.75, 3.05) is 13.7 Å². The molecular formula is C20H20N2O4. The number of methoxy groups -OCH3 is 1. The number of hydrogen-bond acceptors (Lipinski definition) is 5. The predicted molar refractivity (Wildman–Crippen MR) is 96.8 cm³/mol. The summed E-state index contributed by atoms with van der Waals surface area (Å²) in [4.78, 5) is 23.4. The molecule has 0 amide bonds. The summed E-state index contributed by atoms with van der Waals surface area (Å²) in [6.07, 6.45) is 1.51. The maximum Gasteiger partial charge on any atom is 0.348 e. The van der Waals surface area contributed by atoms with Gasteiger partial charge in [-0.1, -0.05) is 0 Å². The molecule has 0 N–H and O–H groups in total. The Balaban J connectivity index is 2.42. The lowest BCUT2D eigenvalue weighted by Gasteiger charge is -2.10. The molecule has 1 aromatic carbocycles. The molecule has 1 heterocycles. The lowest BCUT2D eigenvalue weighted by atomic mass is 10.1. The number of benzene rings is 1. The Bertz CT molecular complexity index is 899. The Morgan fingerprint density at radius 3 is 2.42 bits per heavy atom. The third-order valence-corrected chi connectivity index (χ3v) is 3.93. The van der Waals surface area contributed by atoms with Crippen LogP contribution >= 0.6 is 0 Å². The molecule has 0 atom stereocenters. The molecule has 0 aliphatic heterocycles. The predicted octanol–water partition coefficient (Wildman–Crippen LogP) is 3.35. The molecule has 0 bridgehead atoms. The number of aryl methyl sites for hydroxylation is 1. The highest BCUT2D eigenvalue weighted by Crippen LogP contribution is 2.23. The van der Waals surface area contributed by atoms with Gasteiger partial charge >= 0.3 is 11.9 Å². The van der Waals surface area contributed by atoms with Crippen LogP contribution in [0.15, 0.2) is 35.9 Å². The smallest absolute Gasteiger partial charge is 0.348 e. The van der Waals surface area contributed by atoms with Crippen molar-refractivity contribution in [2.24, 2.45) is 0 Å². The number of esters is 2. The molecule has 0 spiro atoms. The molecule has 0 saturated carbocycles. The van der Waals surface area contributed by atoms with Gasteiger partial charge in [-0.15, -0.1) is 0 Å². The van der Waals surface area contributed by atoms with Crippen LogP contribution < -0.4 is 0 Å². The first-order valence-electron chi connectivity index (χ1n) is 8.09. The number of aromatic nitrogens is 1. The molecule has 2 aromatic rings. The van der Waals surface area contributed by atoms with E-state index in [9.17, 15) is 9.59 Å². The van der Waals surface area contributed by atoms with Crippen molar-refractivity contribution < 1.29 is 19.1 Å². The van der Waals surface area contributed by atoms with Crippen LogP contribution in [0.5, 0.6) is 0 Å². The van der Waals surface area contributed by atoms with E-state index < -0.39 is 5.97 Å². The molecule has 0 radical (unpaired) electrons. The topological polar surface area (TPSA) is 81.3 Å². The van der Waals surface area contributed by atoms with Crippen LogP contribution in [-0.2, 0) is 14.3 Å². The van der Waals surface area contributed by atoms with Gasteiger partial charge in [0, 0.05) is 17.1 Å². The van der Waals surface area contributed by atoms with E-state index in [-0.39, 0.29) is 11.5 Å². The molecule has 1 aromatic heterocycles. The summed E-state index contributed by atoms with van der Waals surface area (Å²) in [5, 5.41) is 9.13. The molecule has 0 fully saturated rings. The maximum absolute atomic E-state index is 11.8. The van der Waals surface area contributed by atoms with Gasteiger partial charge in [0.15, 0.2) is 0 Å². The van der Waals surface area contributed by atoms with Crippen molar-refractivity contribution in [2.45, 2.75) is 20.8 Å². The van der Waals surface area contributed by atoms with Crippen LogP contribution in [0.25, 0.3) is 11.8 Å². The number of carbonyl (C=O) groups is 2. The van der Waals surface area contributed by atoms with Gasteiger partial charge in [-0.3, -0.25) is 0 Å². The summed E-state index contributed by atoms with van der Waals surface area (Å²) < 4.78 is 11.6. The highest BCUT2D eigenvalue weighted by atomic mass is 16.5. The Kier molecular flexibility index (Phi) is 5.97. The van der Waals surface area contributed by atoms with Gasteiger partial charge < -0.3 is 14.0 Å². The largest absolute Gasteiger partial charge is 0.465 e. The molecule has 2 rings (SSSR count). The molecule has 0 unspecified atom stereocenters. The lowest BCUT2D eigenvalue weighted by molar-refractivity contribution is -0.135. The number of ether oxygens (including phenoxy) is 2. The Labute approximate surface area is 152 Å². The van der Waals surface area contributed by atoms with Crippen molar-refractivity contribution in [3.05, 3.63) is 58.4 Å². The Hall–Kier alpha value is -3.33. The number of nitrogens with zero attached hydrogens (tertiary/aromatic N) is 2. The fourth-order valence-corrected chi connectivity index (χ4v) is 2.69. The van der Waals surface area contributed by atoms with Gasteiger partial charge in [0.2, 0.25) is 0 Å². The molecule has 134 valence electrons. The quantitative estimate of drug-likeness (QED) is 0.468. The molecular weight excluding hydrogens is 332 g/mol. The zero-order valence-corrected chi connectivity index (χ0v) is 15.2. The average molecular weight is 352 g/mol. The monoisotopic (exact) mass is 352 g/mol. The Morgan fingerprint density at radius 2 is 1.88 bits per heavy atom. The van der Waals surface area contributed by atoms with Crippen LogP contribution in [0.3, 0.4) is 0 Å². The van der Waals surface area contributed by atoms with Crippen molar-refractivity contribution in [1.82, 2.24) is 4.57 Å². The van der Waals surface area contributed by atoms with Gasteiger partial charge in [-0.2, -0.15) is 5.26 Å². The first-order chi connectivity index (χ1) is 12.4. The van der Waals surface area contributed by atoms with Crippen LogP contribution in [0.2, 0.25) is 0 Å². The highest BCUT2D eigenvalue weighted by molar-refractivity contribution is 5.98. The molecule has 0 saturated heterocycles. The minimum Gasteiger partial charge on any atom is -0.465 e. The normalized spacial score (nSPS) is 11.0. The lowest BCUT2D eigenvalue weighted by Crippen LogP contribution is -2.05. The van der Waals surface area contributed by atoms with Gasteiger partial charge in [0.25, 0.3) is 0 Å². The van der Waals surface area contributed by atoms with Crippen LogP contribution in [-0.4, -0.2) is 30.2 Å². The third-order valence-electron chi connectivity index (χ3n) is 3.93. The van der Waals surface area contributed by atoms with E-state index in [1.165, 1.54) is 13.2 Å². The highest BCUT2D eigenvalue weighted by Gasteiger charge is 2.14. The zero-order chi connectivity index (χ0) is 19.3. The van der Waals surface area contributed by atoms with Crippen molar-refractivity contribution in [3.63, 3.8) is 0 Å². The van der Waals surface area contributed by atoms with Crippen LogP contribution in [0, 0.1) is 25.2 Å². The first-order valence-corrected chi connectivity index (χ1v) is 8.09. The molecule has 6 nitrogen and oxygen atoms in total. The van der Waals surface area contributed by atoms with E-state index in [0.29, 0.717) is 12.2 Å². The minimum absolute atomic E-state index is 0.0644. The van der Waals surface area contributed by atoms with E-state index in [2.05, 4.69) is 4.74 Å². The number of carbonyl (C=O) groups excluding carboxylic acids is 2. The van der Waals surface area contributed by atoms with Crippen molar-refractivity contribution in [3.8, 4) is 11.8 Å². The second-order valence-corrected chi connectivity index (χ2v) is 5.59. The second kappa shape index (κ2) is 8.17. The average Bonchev–Trinajstić information content (AvgIpc) is 2.92. The number of rotatable bonds is 5. The van der Waals surface area contributed by atoms with Gasteiger partial charge in [0.1, 0.15) is 11.6 Å². The fraction of sp³-hybridized carbons (Fsp3) is 0.250. The van der Waals surface area contributed by atoms with Gasteiger partial charge in [-0.05, 0) is 62.7 Å². The van der Waals surface area contributed by atoms with Gasteiger partial charge in [-0.25, -0.2) is 9.59 Å². The SMILES string of the molecule is CCOC(=O)c1ccc(-n2c(C)cc(/C=C(\C#N)C(=O)OC)c2C)cc1. The van der Waals surface area contributed by atoms with E-state index in [1.807, 2.05) is 42.7 Å². The molecule has 0 aliphatic carbocycles. The van der Waals surface area contributed by atoms with Crippen LogP contribution in [0.4, 0.5) is 0 Å². The Morgan fingerprint density at radius 1 is 1.23 bits per heavy atom. The summed E-state index contributed by atoms with van der Waals surface area (Å²) >= 11 is 0. The third kappa shape index (κ3) is 3.83. The maximum atomic E-state index is 11.8. The van der Waals surface area contributed by atoms with Crippen LogP contribution in [0.1, 0.15) is 34.2 Å². The van der Waals surface area contributed by atoms with E-state index in [0.717, 1.165) is 22.6 Å². The summed E-state index contributed by atoms with van der Waals surface area (Å²) in [6, 6.07) is 10.8. The van der Waals surface area contributed by atoms with E-state index in [1.54, 1.807) is 19.1 Å². The van der Waals surface area contributed by atoms with Gasteiger partial charge in [0.05, 0.1) is 19.3 Å². The van der Waals surface area contributed by atoms with E-state index >= 15 is 0 Å². The summed E-state index contributed by atoms with van der Waals surface area (Å²) in [5.41, 5.74) is 3.83. The fourth-order valence-electron chi connectivity index (χ4n) is 2.69.